The lowest BCUT2D eigenvalue weighted by atomic mass is 10.1. The minimum absolute atomic E-state index is 0.305. The number of pyridine rings is 1. The molecule has 0 saturated heterocycles. The van der Waals surface area contributed by atoms with Crippen molar-refractivity contribution < 1.29 is 4.39 Å². The Morgan fingerprint density at radius 3 is 2.94 bits per heavy atom. The van der Waals surface area contributed by atoms with E-state index < -0.39 is 0 Å². The van der Waals surface area contributed by atoms with E-state index in [0.29, 0.717) is 18.7 Å². The number of rotatable bonds is 4. The maximum atomic E-state index is 12.1. The molecule has 0 aliphatic rings. The molecule has 0 atom stereocenters. The van der Waals surface area contributed by atoms with Gasteiger partial charge < -0.3 is 11.1 Å². The van der Waals surface area contributed by atoms with Crippen molar-refractivity contribution in [3.63, 3.8) is 0 Å². The number of nitrogens with two attached hydrogens (primary N) is 1. The molecule has 0 radical (unpaired) electrons. The van der Waals surface area contributed by atoms with Crippen LogP contribution in [0.1, 0.15) is 12.1 Å². The third-order valence-electron chi connectivity index (χ3n) is 2.70. The molecule has 0 aliphatic carbocycles. The van der Waals surface area contributed by atoms with Crippen LogP contribution >= 0.6 is 0 Å². The predicted molar refractivity (Wildman–Crippen MR) is 70.0 cm³/mol. The van der Waals surface area contributed by atoms with Crippen molar-refractivity contribution in [3.8, 4) is 0 Å². The van der Waals surface area contributed by atoms with Crippen LogP contribution in [-0.4, -0.2) is 18.2 Å². The van der Waals surface area contributed by atoms with Crippen molar-refractivity contribution in [2.45, 2.75) is 13.3 Å². The Labute approximate surface area is 99.8 Å². The fourth-order valence-corrected chi connectivity index (χ4v) is 1.81. The van der Waals surface area contributed by atoms with Crippen LogP contribution in [0.4, 0.5) is 15.8 Å². The van der Waals surface area contributed by atoms with Gasteiger partial charge in [-0.25, -0.2) is 0 Å². The summed E-state index contributed by atoms with van der Waals surface area (Å²) in [6.45, 7) is 2.26. The average molecular weight is 233 g/mol. The maximum absolute atomic E-state index is 12.1. The van der Waals surface area contributed by atoms with E-state index >= 15 is 0 Å². The number of aromatic nitrogens is 1. The Balaban J connectivity index is 2.41. The number of anilines is 2. The van der Waals surface area contributed by atoms with Gasteiger partial charge in [0.15, 0.2) is 0 Å². The summed E-state index contributed by atoms with van der Waals surface area (Å²) >= 11 is 0. The van der Waals surface area contributed by atoms with Gasteiger partial charge in [-0.05, 0) is 31.5 Å². The first kappa shape index (κ1) is 11.6. The average Bonchev–Trinajstić information content (AvgIpc) is 2.32. The standard InChI is InChI=1S/C13H16FN3/c1-9-7-10-11(8-17-9)12(15)3-4-13(10)16-6-2-5-14/h3-4,7-8,16H,2,5-6,15H2,1H3. The van der Waals surface area contributed by atoms with E-state index in [2.05, 4.69) is 10.3 Å². The zero-order chi connectivity index (χ0) is 12.3. The van der Waals surface area contributed by atoms with E-state index in [-0.39, 0.29) is 6.67 Å². The van der Waals surface area contributed by atoms with Crippen molar-refractivity contribution in [1.29, 1.82) is 0 Å². The van der Waals surface area contributed by atoms with Crippen LogP contribution in [0.25, 0.3) is 10.8 Å². The molecule has 3 nitrogen and oxygen atoms in total. The molecule has 0 bridgehead atoms. The minimum Gasteiger partial charge on any atom is -0.398 e. The number of aryl methyl sites for hydroxylation is 1. The Morgan fingerprint density at radius 1 is 1.35 bits per heavy atom. The summed E-state index contributed by atoms with van der Waals surface area (Å²) in [5, 5.41) is 5.19. The zero-order valence-electron chi connectivity index (χ0n) is 9.83. The summed E-state index contributed by atoms with van der Waals surface area (Å²) in [6.07, 6.45) is 2.29. The Morgan fingerprint density at radius 2 is 2.18 bits per heavy atom. The van der Waals surface area contributed by atoms with Gasteiger partial charge in [0.25, 0.3) is 0 Å². The molecule has 1 heterocycles. The molecule has 2 aromatic rings. The van der Waals surface area contributed by atoms with Gasteiger partial charge in [-0.1, -0.05) is 0 Å². The smallest absolute Gasteiger partial charge is 0.0911 e. The molecular weight excluding hydrogens is 217 g/mol. The second-order valence-electron chi connectivity index (χ2n) is 4.04. The topological polar surface area (TPSA) is 50.9 Å². The molecule has 0 saturated carbocycles. The highest BCUT2D eigenvalue weighted by atomic mass is 19.1. The number of nitrogen functional groups attached to an aromatic ring is 1. The number of benzene rings is 1. The Bertz CT molecular complexity index is 525. The van der Waals surface area contributed by atoms with E-state index in [1.807, 2.05) is 25.1 Å². The van der Waals surface area contributed by atoms with Crippen LogP contribution in [0.15, 0.2) is 24.4 Å². The second kappa shape index (κ2) is 4.99. The number of alkyl halides is 1. The summed E-state index contributed by atoms with van der Waals surface area (Å²) < 4.78 is 12.1. The first-order chi connectivity index (χ1) is 8.22. The largest absolute Gasteiger partial charge is 0.398 e. The van der Waals surface area contributed by atoms with Crippen LogP contribution in [-0.2, 0) is 0 Å². The van der Waals surface area contributed by atoms with E-state index in [4.69, 9.17) is 5.73 Å². The van der Waals surface area contributed by atoms with Crippen molar-refractivity contribution in [2.75, 3.05) is 24.3 Å². The maximum Gasteiger partial charge on any atom is 0.0911 e. The molecule has 0 fully saturated rings. The summed E-state index contributed by atoms with van der Waals surface area (Å²) in [7, 11) is 0. The normalized spacial score (nSPS) is 10.7. The first-order valence-electron chi connectivity index (χ1n) is 5.67. The molecule has 17 heavy (non-hydrogen) atoms. The Hall–Kier alpha value is -1.84. The van der Waals surface area contributed by atoms with Crippen LogP contribution in [0, 0.1) is 6.92 Å². The van der Waals surface area contributed by atoms with Crippen LogP contribution in [0.2, 0.25) is 0 Å². The van der Waals surface area contributed by atoms with E-state index in [1.54, 1.807) is 6.20 Å². The van der Waals surface area contributed by atoms with Crippen LogP contribution in [0.3, 0.4) is 0 Å². The number of nitrogens with one attached hydrogen (secondary N) is 1. The van der Waals surface area contributed by atoms with Gasteiger partial charge in [-0.3, -0.25) is 9.37 Å². The van der Waals surface area contributed by atoms with Crippen molar-refractivity contribution in [2.24, 2.45) is 0 Å². The summed E-state index contributed by atoms with van der Waals surface area (Å²) in [6, 6.07) is 5.76. The lowest BCUT2D eigenvalue weighted by Crippen LogP contribution is -2.03. The van der Waals surface area contributed by atoms with Crippen molar-refractivity contribution in [3.05, 3.63) is 30.1 Å². The fourth-order valence-electron chi connectivity index (χ4n) is 1.81. The van der Waals surface area contributed by atoms with Crippen molar-refractivity contribution >= 4 is 22.1 Å². The number of hydrogen-bond donors (Lipinski definition) is 2. The van der Waals surface area contributed by atoms with Gasteiger partial charge in [-0.2, -0.15) is 0 Å². The van der Waals surface area contributed by atoms with Crippen LogP contribution < -0.4 is 11.1 Å². The number of fused-ring (bicyclic) bond motifs is 1. The lowest BCUT2D eigenvalue weighted by molar-refractivity contribution is 0.481. The van der Waals surface area contributed by atoms with Gasteiger partial charge in [0.1, 0.15) is 0 Å². The molecule has 3 N–H and O–H groups in total. The van der Waals surface area contributed by atoms with E-state index in [9.17, 15) is 4.39 Å². The van der Waals surface area contributed by atoms with Gasteiger partial charge in [0, 0.05) is 40.6 Å². The highest BCUT2D eigenvalue weighted by Gasteiger charge is 2.04. The van der Waals surface area contributed by atoms with Gasteiger partial charge in [-0.15, -0.1) is 0 Å². The molecule has 0 unspecified atom stereocenters. The van der Waals surface area contributed by atoms with Crippen molar-refractivity contribution in [1.82, 2.24) is 4.98 Å². The number of hydrogen-bond acceptors (Lipinski definition) is 3. The number of halogens is 1. The highest BCUT2D eigenvalue weighted by Crippen LogP contribution is 2.28. The number of nitrogens with zero attached hydrogens (tertiary/aromatic N) is 1. The van der Waals surface area contributed by atoms with Crippen LogP contribution in [0.5, 0.6) is 0 Å². The molecule has 90 valence electrons. The molecule has 2 rings (SSSR count). The summed E-state index contributed by atoms with van der Waals surface area (Å²) in [5.74, 6) is 0. The molecule has 0 aliphatic heterocycles. The summed E-state index contributed by atoms with van der Waals surface area (Å²) in [4.78, 5) is 4.24. The first-order valence-corrected chi connectivity index (χ1v) is 5.67. The summed E-state index contributed by atoms with van der Waals surface area (Å²) in [5.41, 5.74) is 8.53. The monoisotopic (exact) mass is 233 g/mol. The third-order valence-corrected chi connectivity index (χ3v) is 2.70. The van der Waals surface area contributed by atoms with Gasteiger partial charge >= 0.3 is 0 Å². The molecule has 0 spiro atoms. The lowest BCUT2D eigenvalue weighted by Gasteiger charge is -2.11. The molecule has 4 heteroatoms. The Kier molecular flexibility index (Phi) is 3.42. The van der Waals surface area contributed by atoms with E-state index in [1.165, 1.54) is 0 Å². The quantitative estimate of drug-likeness (QED) is 0.630. The second-order valence-corrected chi connectivity index (χ2v) is 4.04. The molecule has 1 aromatic carbocycles. The fraction of sp³-hybridized carbons (Fsp3) is 0.308. The molecule has 0 amide bonds. The zero-order valence-corrected chi connectivity index (χ0v) is 9.83. The SMILES string of the molecule is Cc1cc2c(NCCCF)ccc(N)c2cn1. The van der Waals surface area contributed by atoms with Gasteiger partial charge in [0.2, 0.25) is 0 Å². The third kappa shape index (κ3) is 2.46. The highest BCUT2D eigenvalue weighted by molar-refractivity contribution is 6.00. The van der Waals surface area contributed by atoms with E-state index in [0.717, 1.165) is 22.2 Å². The molecular formula is C13H16FN3. The van der Waals surface area contributed by atoms with Gasteiger partial charge in [0.05, 0.1) is 6.67 Å². The predicted octanol–water partition coefficient (Wildman–Crippen LogP) is 2.90. The minimum atomic E-state index is -0.305. The molecule has 1 aromatic heterocycles.